The average molecular weight is 315 g/mol. The molecule has 4 nitrogen and oxygen atoms in total. The van der Waals surface area contributed by atoms with Crippen LogP contribution in [0, 0.1) is 23.3 Å². The highest BCUT2D eigenvalue weighted by molar-refractivity contribution is 5.89. The zero-order valence-electron chi connectivity index (χ0n) is 10.9. The first-order valence-corrected chi connectivity index (χ1v) is 5.90. The summed E-state index contributed by atoms with van der Waals surface area (Å²) in [5.41, 5.74) is 4.90. The predicted molar refractivity (Wildman–Crippen MR) is 67.5 cm³/mol. The molecule has 0 fully saturated rings. The molecular weight excluding hydrogens is 306 g/mol. The van der Waals surface area contributed by atoms with Gasteiger partial charge in [0.25, 0.3) is 0 Å². The summed E-state index contributed by atoms with van der Waals surface area (Å²) in [6, 6.07) is 2.92. The number of primary amides is 1. The van der Waals surface area contributed by atoms with Gasteiger partial charge >= 0.3 is 0 Å². The van der Waals surface area contributed by atoms with Crippen LogP contribution in [0.25, 0.3) is 6.08 Å². The van der Waals surface area contributed by atoms with Crippen molar-refractivity contribution in [3.8, 4) is 5.75 Å². The first kappa shape index (κ1) is 15.6. The molecule has 2 aromatic rings. The molecule has 1 amide bonds. The van der Waals surface area contributed by atoms with E-state index < -0.39 is 41.5 Å². The minimum atomic E-state index is -1.64. The van der Waals surface area contributed by atoms with Gasteiger partial charge in [-0.25, -0.2) is 8.78 Å². The molecule has 0 unspecified atom stereocenters. The second-order valence-electron chi connectivity index (χ2n) is 4.13. The lowest BCUT2D eigenvalue weighted by molar-refractivity contribution is -0.113. The lowest BCUT2D eigenvalue weighted by Crippen LogP contribution is -2.04. The average Bonchev–Trinajstić information content (AvgIpc) is 2.91. The fourth-order valence-electron chi connectivity index (χ4n) is 1.55. The van der Waals surface area contributed by atoms with Crippen LogP contribution >= 0.6 is 0 Å². The maximum atomic E-state index is 13.4. The van der Waals surface area contributed by atoms with Gasteiger partial charge in [0.15, 0.2) is 17.4 Å². The fourth-order valence-corrected chi connectivity index (χ4v) is 1.55. The third-order valence-electron chi connectivity index (χ3n) is 2.52. The summed E-state index contributed by atoms with van der Waals surface area (Å²) in [6.45, 7) is -0.471. The third kappa shape index (κ3) is 3.46. The molecule has 0 radical (unpaired) electrons. The van der Waals surface area contributed by atoms with Crippen molar-refractivity contribution in [2.24, 2.45) is 5.73 Å². The van der Waals surface area contributed by atoms with Crippen LogP contribution in [0.4, 0.5) is 17.6 Å². The van der Waals surface area contributed by atoms with Gasteiger partial charge in [0.2, 0.25) is 17.5 Å². The van der Waals surface area contributed by atoms with Gasteiger partial charge in [-0.15, -0.1) is 0 Å². The maximum Gasteiger partial charge on any atom is 0.241 e. The summed E-state index contributed by atoms with van der Waals surface area (Å²) >= 11 is 0. The molecule has 0 aliphatic heterocycles. The topological polar surface area (TPSA) is 65.5 Å². The van der Waals surface area contributed by atoms with E-state index in [0.29, 0.717) is 0 Å². The lowest BCUT2D eigenvalue weighted by atomic mass is 10.3. The SMILES string of the molecule is NC(=O)/C=C\c1ccc(COc2c(F)c(F)cc(F)c2F)o1. The van der Waals surface area contributed by atoms with Crippen LogP contribution in [0.15, 0.2) is 28.7 Å². The van der Waals surface area contributed by atoms with Crippen LogP contribution in [0.1, 0.15) is 11.5 Å². The van der Waals surface area contributed by atoms with E-state index in [4.69, 9.17) is 14.9 Å². The molecule has 0 bridgehead atoms. The van der Waals surface area contributed by atoms with Crippen molar-refractivity contribution in [3.05, 3.63) is 59.1 Å². The van der Waals surface area contributed by atoms with Crippen molar-refractivity contribution >= 4 is 12.0 Å². The van der Waals surface area contributed by atoms with Crippen molar-refractivity contribution in [1.29, 1.82) is 0 Å². The Kier molecular flexibility index (Phi) is 4.50. The van der Waals surface area contributed by atoms with Gasteiger partial charge in [0.05, 0.1) is 0 Å². The Labute approximate surface area is 121 Å². The zero-order chi connectivity index (χ0) is 16.3. The molecule has 0 aliphatic carbocycles. The van der Waals surface area contributed by atoms with Gasteiger partial charge in [-0.2, -0.15) is 8.78 Å². The van der Waals surface area contributed by atoms with Crippen LogP contribution in [-0.2, 0) is 11.4 Å². The van der Waals surface area contributed by atoms with E-state index >= 15 is 0 Å². The van der Waals surface area contributed by atoms with Crippen LogP contribution in [0.5, 0.6) is 5.75 Å². The standard InChI is InChI=1S/C14H9F4NO3/c15-9-5-10(16)13(18)14(12(9)17)21-6-8-2-1-7(22-8)3-4-11(19)20/h1-5H,6H2,(H2,19,20)/b4-3-. The third-order valence-corrected chi connectivity index (χ3v) is 2.52. The van der Waals surface area contributed by atoms with E-state index in [0.717, 1.165) is 6.08 Å². The number of nitrogens with two attached hydrogens (primary N) is 1. The zero-order valence-corrected chi connectivity index (χ0v) is 10.9. The van der Waals surface area contributed by atoms with Gasteiger partial charge in [0.1, 0.15) is 18.1 Å². The normalized spacial score (nSPS) is 11.1. The molecule has 0 aliphatic rings. The molecule has 0 saturated carbocycles. The van der Waals surface area contributed by atoms with Gasteiger partial charge in [0, 0.05) is 12.1 Å². The van der Waals surface area contributed by atoms with Gasteiger partial charge in [-0.1, -0.05) is 0 Å². The van der Waals surface area contributed by atoms with Crippen molar-refractivity contribution in [2.75, 3.05) is 0 Å². The number of benzene rings is 1. The number of carbonyl (C=O) groups excluding carboxylic acids is 1. The highest BCUT2D eigenvalue weighted by atomic mass is 19.2. The van der Waals surface area contributed by atoms with Gasteiger partial charge in [-0.3, -0.25) is 4.79 Å². The van der Waals surface area contributed by atoms with Crippen LogP contribution in [0.2, 0.25) is 0 Å². The van der Waals surface area contributed by atoms with Crippen molar-refractivity contribution in [2.45, 2.75) is 6.61 Å². The molecule has 116 valence electrons. The summed E-state index contributed by atoms with van der Waals surface area (Å²) < 4.78 is 62.6. The van der Waals surface area contributed by atoms with E-state index in [1.165, 1.54) is 18.2 Å². The minimum Gasteiger partial charge on any atom is -0.479 e. The summed E-state index contributed by atoms with van der Waals surface area (Å²) in [6.07, 6.45) is 2.32. The molecule has 0 spiro atoms. The van der Waals surface area contributed by atoms with Crippen LogP contribution in [-0.4, -0.2) is 5.91 Å². The van der Waals surface area contributed by atoms with E-state index in [9.17, 15) is 22.4 Å². The summed E-state index contributed by atoms with van der Waals surface area (Å²) in [5.74, 6) is -7.93. The maximum absolute atomic E-state index is 13.4. The number of ether oxygens (including phenoxy) is 1. The number of halogens is 4. The number of amides is 1. The molecule has 1 aromatic carbocycles. The van der Waals surface area contributed by atoms with E-state index in [1.54, 1.807) is 0 Å². The smallest absolute Gasteiger partial charge is 0.241 e. The van der Waals surface area contributed by atoms with E-state index in [1.807, 2.05) is 0 Å². The number of hydrogen-bond acceptors (Lipinski definition) is 3. The molecule has 1 aromatic heterocycles. The molecule has 0 saturated heterocycles. The molecule has 22 heavy (non-hydrogen) atoms. The lowest BCUT2D eigenvalue weighted by Gasteiger charge is -2.08. The van der Waals surface area contributed by atoms with Gasteiger partial charge < -0.3 is 14.9 Å². The molecule has 8 heteroatoms. The highest BCUT2D eigenvalue weighted by Crippen LogP contribution is 2.27. The second kappa shape index (κ2) is 6.33. The van der Waals surface area contributed by atoms with Gasteiger partial charge in [-0.05, 0) is 18.2 Å². The van der Waals surface area contributed by atoms with Crippen molar-refractivity contribution in [3.63, 3.8) is 0 Å². The van der Waals surface area contributed by atoms with Crippen LogP contribution < -0.4 is 10.5 Å². The van der Waals surface area contributed by atoms with Crippen LogP contribution in [0.3, 0.4) is 0 Å². The monoisotopic (exact) mass is 315 g/mol. The number of rotatable bonds is 5. The first-order valence-electron chi connectivity index (χ1n) is 5.90. The van der Waals surface area contributed by atoms with Crippen molar-refractivity contribution in [1.82, 2.24) is 0 Å². The summed E-state index contributed by atoms with van der Waals surface area (Å²) in [5, 5.41) is 0. The van der Waals surface area contributed by atoms with E-state index in [-0.39, 0.29) is 17.6 Å². The molecule has 0 atom stereocenters. The Balaban J connectivity index is 2.13. The number of carbonyl (C=O) groups is 1. The van der Waals surface area contributed by atoms with Crippen molar-refractivity contribution < 1.29 is 31.5 Å². The molecule has 2 N–H and O–H groups in total. The molecular formula is C14H9F4NO3. The Morgan fingerprint density at radius 3 is 2.41 bits per heavy atom. The Hall–Kier alpha value is -2.77. The largest absolute Gasteiger partial charge is 0.479 e. The second-order valence-corrected chi connectivity index (χ2v) is 4.13. The Morgan fingerprint density at radius 1 is 1.18 bits per heavy atom. The molecule has 2 rings (SSSR count). The fraction of sp³-hybridized carbons (Fsp3) is 0.0714. The predicted octanol–water partition coefficient (Wildman–Crippen LogP) is 2.91. The number of hydrogen-bond donors (Lipinski definition) is 1. The summed E-state index contributed by atoms with van der Waals surface area (Å²) in [7, 11) is 0. The highest BCUT2D eigenvalue weighted by Gasteiger charge is 2.20. The number of furan rings is 1. The summed E-state index contributed by atoms with van der Waals surface area (Å²) in [4.78, 5) is 10.5. The quantitative estimate of drug-likeness (QED) is 0.524. The molecule has 1 heterocycles. The first-order chi connectivity index (χ1) is 10.4. The minimum absolute atomic E-state index is 0.0805. The Morgan fingerprint density at radius 2 is 1.82 bits per heavy atom. The van der Waals surface area contributed by atoms with E-state index in [2.05, 4.69) is 0 Å². The Bertz CT molecular complexity index is 714.